The Labute approximate surface area is 85.4 Å². The highest BCUT2D eigenvalue weighted by atomic mass is 15.4. The molecule has 72 valence electrons. The van der Waals surface area contributed by atoms with Crippen LogP contribution in [-0.2, 0) is 0 Å². The number of aromatic nitrogens is 5. The third-order valence-electron chi connectivity index (χ3n) is 2.07. The highest BCUT2D eigenvalue weighted by molar-refractivity contribution is 5.75. The van der Waals surface area contributed by atoms with Gasteiger partial charge in [0.05, 0.1) is 6.20 Å². The normalized spacial score (nSPS) is 10.7. The number of hydrogen-bond donors (Lipinski definition) is 0. The largest absolute Gasteiger partial charge is 0.252 e. The standard InChI is InChI=1S/C10H7N5/c1-3-8-7-14-15(9(8)11-4-1)10-12-5-2-6-13-10/h1-7H. The molecule has 0 saturated carbocycles. The van der Waals surface area contributed by atoms with Gasteiger partial charge in [-0.1, -0.05) is 0 Å². The maximum absolute atomic E-state index is 4.24. The van der Waals surface area contributed by atoms with E-state index >= 15 is 0 Å². The minimum absolute atomic E-state index is 0.534. The fourth-order valence-corrected chi connectivity index (χ4v) is 1.41. The summed E-state index contributed by atoms with van der Waals surface area (Å²) in [4.78, 5) is 12.5. The summed E-state index contributed by atoms with van der Waals surface area (Å²) in [6, 6.07) is 5.59. The van der Waals surface area contributed by atoms with Crippen molar-refractivity contribution in [3.63, 3.8) is 0 Å². The van der Waals surface area contributed by atoms with Crippen molar-refractivity contribution < 1.29 is 0 Å². The molecule has 3 heterocycles. The van der Waals surface area contributed by atoms with Gasteiger partial charge >= 0.3 is 0 Å². The van der Waals surface area contributed by atoms with Gasteiger partial charge in [0.15, 0.2) is 5.65 Å². The molecule has 0 fully saturated rings. The van der Waals surface area contributed by atoms with Crippen LogP contribution in [0.4, 0.5) is 0 Å². The maximum atomic E-state index is 4.24. The van der Waals surface area contributed by atoms with Crippen molar-refractivity contribution in [1.82, 2.24) is 24.7 Å². The third kappa shape index (κ3) is 1.25. The molecule has 0 aromatic carbocycles. The first-order valence-corrected chi connectivity index (χ1v) is 4.51. The Morgan fingerprint density at radius 3 is 2.60 bits per heavy atom. The molecule has 3 aromatic heterocycles. The second kappa shape index (κ2) is 3.13. The van der Waals surface area contributed by atoms with Gasteiger partial charge < -0.3 is 0 Å². The molecular formula is C10H7N5. The number of nitrogens with zero attached hydrogens (tertiary/aromatic N) is 5. The minimum atomic E-state index is 0.534. The smallest absolute Gasteiger partial charge is 0.236 e. The van der Waals surface area contributed by atoms with Crippen LogP contribution in [0.3, 0.4) is 0 Å². The fraction of sp³-hybridized carbons (Fsp3) is 0. The Morgan fingerprint density at radius 1 is 0.933 bits per heavy atom. The van der Waals surface area contributed by atoms with E-state index in [4.69, 9.17) is 0 Å². The lowest BCUT2D eigenvalue weighted by Crippen LogP contribution is -2.02. The van der Waals surface area contributed by atoms with Gasteiger partial charge in [0.1, 0.15) is 0 Å². The van der Waals surface area contributed by atoms with Gasteiger partial charge in [-0.3, -0.25) is 0 Å². The van der Waals surface area contributed by atoms with E-state index in [1.165, 1.54) is 0 Å². The summed E-state index contributed by atoms with van der Waals surface area (Å²) in [5.74, 6) is 0.534. The average molecular weight is 197 g/mol. The lowest BCUT2D eigenvalue weighted by molar-refractivity contribution is 0.823. The van der Waals surface area contributed by atoms with Gasteiger partial charge in [-0.2, -0.15) is 9.78 Å². The summed E-state index contributed by atoms with van der Waals surface area (Å²) in [5.41, 5.74) is 0.767. The topological polar surface area (TPSA) is 56.5 Å². The minimum Gasteiger partial charge on any atom is -0.236 e. The molecule has 0 bridgehead atoms. The molecule has 0 spiro atoms. The van der Waals surface area contributed by atoms with Crippen molar-refractivity contribution in [2.75, 3.05) is 0 Å². The molecule has 0 aliphatic heterocycles. The first-order chi connectivity index (χ1) is 7.45. The molecule has 0 atom stereocenters. The van der Waals surface area contributed by atoms with E-state index in [9.17, 15) is 0 Å². The van der Waals surface area contributed by atoms with Crippen LogP contribution in [0.15, 0.2) is 43.0 Å². The summed E-state index contributed by atoms with van der Waals surface area (Å²) in [6.07, 6.45) is 6.83. The van der Waals surface area contributed by atoms with Crippen LogP contribution in [0.5, 0.6) is 0 Å². The molecule has 0 saturated heterocycles. The zero-order valence-corrected chi connectivity index (χ0v) is 7.78. The molecule has 5 heteroatoms. The number of fused-ring (bicyclic) bond motifs is 1. The van der Waals surface area contributed by atoms with Crippen LogP contribution in [-0.4, -0.2) is 24.7 Å². The lowest BCUT2D eigenvalue weighted by atomic mass is 10.4. The molecule has 15 heavy (non-hydrogen) atoms. The first-order valence-electron chi connectivity index (χ1n) is 4.51. The maximum Gasteiger partial charge on any atom is 0.252 e. The Morgan fingerprint density at radius 2 is 1.73 bits per heavy atom. The highest BCUT2D eigenvalue weighted by Crippen LogP contribution is 2.11. The van der Waals surface area contributed by atoms with Crippen LogP contribution in [0.2, 0.25) is 0 Å². The van der Waals surface area contributed by atoms with Gasteiger partial charge in [-0.25, -0.2) is 15.0 Å². The number of rotatable bonds is 1. The summed E-state index contributed by atoms with van der Waals surface area (Å²) in [5, 5.41) is 5.17. The van der Waals surface area contributed by atoms with E-state index in [2.05, 4.69) is 20.1 Å². The van der Waals surface area contributed by atoms with Crippen molar-refractivity contribution in [2.45, 2.75) is 0 Å². The van der Waals surface area contributed by atoms with Gasteiger partial charge in [0.25, 0.3) is 5.95 Å². The zero-order chi connectivity index (χ0) is 10.1. The van der Waals surface area contributed by atoms with Crippen LogP contribution in [0.25, 0.3) is 17.0 Å². The molecular weight excluding hydrogens is 190 g/mol. The predicted octanol–water partition coefficient (Wildman–Crippen LogP) is 1.21. The second-order valence-electron chi connectivity index (χ2n) is 3.02. The van der Waals surface area contributed by atoms with Gasteiger partial charge in [-0.15, -0.1) is 0 Å². The van der Waals surface area contributed by atoms with Crippen molar-refractivity contribution >= 4 is 11.0 Å². The van der Waals surface area contributed by atoms with Crippen molar-refractivity contribution in [1.29, 1.82) is 0 Å². The molecule has 0 aliphatic carbocycles. The van der Waals surface area contributed by atoms with Crippen molar-refractivity contribution in [2.24, 2.45) is 0 Å². The van der Waals surface area contributed by atoms with Crippen LogP contribution in [0.1, 0.15) is 0 Å². The molecule has 5 nitrogen and oxygen atoms in total. The predicted molar refractivity (Wildman–Crippen MR) is 54.5 cm³/mol. The van der Waals surface area contributed by atoms with E-state index in [1.807, 2.05) is 12.1 Å². The number of hydrogen-bond acceptors (Lipinski definition) is 4. The monoisotopic (exact) mass is 197 g/mol. The molecule has 0 radical (unpaired) electrons. The Kier molecular flexibility index (Phi) is 1.68. The van der Waals surface area contributed by atoms with Gasteiger partial charge in [-0.05, 0) is 18.2 Å². The SMILES string of the molecule is c1cnc(-n2ncc3cccnc32)nc1. The first kappa shape index (κ1) is 8.05. The average Bonchev–Trinajstić information content (AvgIpc) is 2.74. The molecule has 3 aromatic rings. The van der Waals surface area contributed by atoms with Crippen LogP contribution in [0, 0.1) is 0 Å². The van der Waals surface area contributed by atoms with Crippen molar-refractivity contribution in [3.05, 3.63) is 43.0 Å². The summed E-state index contributed by atoms with van der Waals surface area (Å²) >= 11 is 0. The summed E-state index contributed by atoms with van der Waals surface area (Å²) in [6.45, 7) is 0. The Bertz CT molecular complexity index is 587. The zero-order valence-electron chi connectivity index (χ0n) is 7.78. The molecule has 0 aliphatic rings. The van der Waals surface area contributed by atoms with Gasteiger partial charge in [0.2, 0.25) is 0 Å². The molecule has 0 amide bonds. The van der Waals surface area contributed by atoms with Crippen molar-refractivity contribution in [3.8, 4) is 5.95 Å². The van der Waals surface area contributed by atoms with Crippen LogP contribution < -0.4 is 0 Å². The Hall–Kier alpha value is -2.30. The molecule has 0 unspecified atom stereocenters. The third-order valence-corrected chi connectivity index (χ3v) is 2.07. The van der Waals surface area contributed by atoms with E-state index in [-0.39, 0.29) is 0 Å². The molecule has 0 N–H and O–H groups in total. The fourth-order valence-electron chi connectivity index (χ4n) is 1.41. The second-order valence-corrected chi connectivity index (χ2v) is 3.02. The molecule has 3 rings (SSSR count). The van der Waals surface area contributed by atoms with Crippen LogP contribution >= 0.6 is 0 Å². The van der Waals surface area contributed by atoms with E-state index in [0.29, 0.717) is 5.95 Å². The number of pyridine rings is 1. The van der Waals surface area contributed by atoms with E-state index in [0.717, 1.165) is 11.0 Å². The summed E-state index contributed by atoms with van der Waals surface area (Å²) in [7, 11) is 0. The lowest BCUT2D eigenvalue weighted by Gasteiger charge is -1.98. The quantitative estimate of drug-likeness (QED) is 0.588. The van der Waals surface area contributed by atoms with E-state index < -0.39 is 0 Å². The Balaban J connectivity index is 2.28. The van der Waals surface area contributed by atoms with Gasteiger partial charge in [0, 0.05) is 24.0 Å². The van der Waals surface area contributed by atoms with E-state index in [1.54, 1.807) is 35.5 Å². The highest BCUT2D eigenvalue weighted by Gasteiger charge is 2.06. The summed E-state index contributed by atoms with van der Waals surface area (Å²) < 4.78 is 1.62.